The molecule has 1 fully saturated rings. The Kier molecular flexibility index (Phi) is 3.10. The molecule has 2 rings (SSSR count). The van der Waals surface area contributed by atoms with E-state index in [0.717, 1.165) is 17.9 Å². The molecule has 0 radical (unpaired) electrons. The minimum atomic E-state index is -0.313. The highest BCUT2D eigenvalue weighted by Gasteiger charge is 2.28. The van der Waals surface area contributed by atoms with Crippen molar-refractivity contribution in [3.05, 3.63) is 29.8 Å². The summed E-state index contributed by atoms with van der Waals surface area (Å²) in [5.74, 6) is 0.743. The predicted molar refractivity (Wildman–Crippen MR) is 61.3 cm³/mol. The Bertz CT molecular complexity index is 392. The van der Waals surface area contributed by atoms with Gasteiger partial charge in [0.1, 0.15) is 11.8 Å². The molecule has 1 saturated heterocycles. The first-order valence-corrected chi connectivity index (χ1v) is 5.39. The van der Waals surface area contributed by atoms with E-state index in [0.29, 0.717) is 0 Å². The molecule has 1 aliphatic heterocycles. The first kappa shape index (κ1) is 11.0. The number of hydrogen-bond acceptors (Lipinski definition) is 3. The van der Waals surface area contributed by atoms with Crippen LogP contribution in [0.1, 0.15) is 18.5 Å². The van der Waals surface area contributed by atoms with Gasteiger partial charge in [-0.25, -0.2) is 0 Å². The van der Waals surface area contributed by atoms with Gasteiger partial charge in [0.2, 0.25) is 5.91 Å². The van der Waals surface area contributed by atoms with Crippen LogP contribution in [-0.4, -0.2) is 25.6 Å². The monoisotopic (exact) mass is 220 g/mol. The molecule has 1 amide bonds. The molecule has 2 unspecified atom stereocenters. The summed E-state index contributed by atoms with van der Waals surface area (Å²) in [4.78, 5) is 11.8. The molecule has 1 heterocycles. The number of rotatable bonds is 2. The van der Waals surface area contributed by atoms with Crippen molar-refractivity contribution in [2.24, 2.45) is 0 Å². The van der Waals surface area contributed by atoms with Crippen molar-refractivity contribution in [3.63, 3.8) is 0 Å². The minimum absolute atomic E-state index is 0.00301. The molecular weight excluding hydrogens is 204 g/mol. The predicted octanol–water partition coefficient (Wildman–Crippen LogP) is 0.844. The zero-order valence-electron chi connectivity index (χ0n) is 9.49. The number of para-hydroxylation sites is 1. The third-order valence-corrected chi connectivity index (χ3v) is 2.73. The van der Waals surface area contributed by atoms with Gasteiger partial charge in [-0.05, 0) is 13.0 Å². The fourth-order valence-corrected chi connectivity index (χ4v) is 1.92. The molecule has 1 aliphatic rings. The van der Waals surface area contributed by atoms with Gasteiger partial charge in [0.15, 0.2) is 0 Å². The fourth-order valence-electron chi connectivity index (χ4n) is 1.92. The first-order valence-electron chi connectivity index (χ1n) is 5.39. The Morgan fingerprint density at radius 1 is 1.38 bits per heavy atom. The molecule has 16 heavy (non-hydrogen) atoms. The first-order chi connectivity index (χ1) is 7.72. The van der Waals surface area contributed by atoms with Gasteiger partial charge in [0, 0.05) is 18.2 Å². The standard InChI is InChI=1S/C12H16N2O2/c1-8-7-13-11(12(15)14-8)9-5-3-4-6-10(9)16-2/h3-6,8,11,13H,7H2,1-2H3,(H,14,15). The van der Waals surface area contributed by atoms with E-state index in [1.165, 1.54) is 0 Å². The topological polar surface area (TPSA) is 50.4 Å². The number of amides is 1. The zero-order chi connectivity index (χ0) is 11.5. The van der Waals surface area contributed by atoms with E-state index in [1.54, 1.807) is 7.11 Å². The Labute approximate surface area is 95.0 Å². The number of hydrogen-bond donors (Lipinski definition) is 2. The largest absolute Gasteiger partial charge is 0.496 e. The van der Waals surface area contributed by atoms with Gasteiger partial charge < -0.3 is 15.4 Å². The van der Waals surface area contributed by atoms with Gasteiger partial charge in [-0.3, -0.25) is 4.79 Å². The lowest BCUT2D eigenvalue weighted by atomic mass is 10.0. The molecule has 0 aliphatic carbocycles. The Hall–Kier alpha value is -1.55. The van der Waals surface area contributed by atoms with E-state index < -0.39 is 0 Å². The van der Waals surface area contributed by atoms with Crippen molar-refractivity contribution >= 4 is 5.91 Å². The zero-order valence-corrected chi connectivity index (χ0v) is 9.49. The van der Waals surface area contributed by atoms with Crippen LogP contribution in [0, 0.1) is 0 Å². The summed E-state index contributed by atoms with van der Waals surface area (Å²) >= 11 is 0. The van der Waals surface area contributed by atoms with Crippen molar-refractivity contribution in [1.29, 1.82) is 0 Å². The summed E-state index contributed by atoms with van der Waals surface area (Å²) < 4.78 is 5.25. The van der Waals surface area contributed by atoms with Gasteiger partial charge in [0.25, 0.3) is 0 Å². The minimum Gasteiger partial charge on any atom is -0.496 e. The van der Waals surface area contributed by atoms with Crippen molar-refractivity contribution in [3.8, 4) is 5.75 Å². The number of nitrogens with one attached hydrogen (secondary N) is 2. The molecule has 2 atom stereocenters. The molecule has 0 spiro atoms. The highest BCUT2D eigenvalue weighted by Crippen LogP contribution is 2.25. The van der Waals surface area contributed by atoms with Crippen LogP contribution in [-0.2, 0) is 4.79 Å². The van der Waals surface area contributed by atoms with Crippen LogP contribution in [0.2, 0.25) is 0 Å². The number of carbonyl (C=O) groups is 1. The van der Waals surface area contributed by atoms with E-state index in [-0.39, 0.29) is 18.0 Å². The quantitative estimate of drug-likeness (QED) is 0.776. The second-order valence-electron chi connectivity index (χ2n) is 3.99. The molecule has 86 valence electrons. The highest BCUT2D eigenvalue weighted by atomic mass is 16.5. The molecule has 1 aromatic rings. The maximum absolute atomic E-state index is 11.8. The lowest BCUT2D eigenvalue weighted by molar-refractivity contribution is -0.125. The van der Waals surface area contributed by atoms with E-state index in [4.69, 9.17) is 4.74 Å². The lowest BCUT2D eigenvalue weighted by Gasteiger charge is -2.29. The Morgan fingerprint density at radius 3 is 2.81 bits per heavy atom. The second-order valence-corrected chi connectivity index (χ2v) is 3.99. The highest BCUT2D eigenvalue weighted by molar-refractivity contribution is 5.85. The summed E-state index contributed by atoms with van der Waals surface area (Å²) in [7, 11) is 1.61. The van der Waals surface area contributed by atoms with Crippen molar-refractivity contribution < 1.29 is 9.53 Å². The lowest BCUT2D eigenvalue weighted by Crippen LogP contribution is -2.52. The van der Waals surface area contributed by atoms with Gasteiger partial charge in [0.05, 0.1) is 7.11 Å². The molecule has 0 saturated carbocycles. The summed E-state index contributed by atoms with van der Waals surface area (Å²) in [5.41, 5.74) is 0.884. The van der Waals surface area contributed by atoms with Crippen LogP contribution in [0.3, 0.4) is 0 Å². The molecule has 0 bridgehead atoms. The van der Waals surface area contributed by atoms with Crippen LogP contribution in [0.4, 0.5) is 0 Å². The molecule has 1 aromatic carbocycles. The van der Waals surface area contributed by atoms with E-state index >= 15 is 0 Å². The molecule has 0 aromatic heterocycles. The van der Waals surface area contributed by atoms with Crippen LogP contribution in [0.5, 0.6) is 5.75 Å². The average molecular weight is 220 g/mol. The number of carbonyl (C=O) groups excluding carboxylic acids is 1. The van der Waals surface area contributed by atoms with E-state index in [2.05, 4.69) is 10.6 Å². The van der Waals surface area contributed by atoms with Crippen molar-refractivity contribution in [2.45, 2.75) is 19.0 Å². The average Bonchev–Trinajstić information content (AvgIpc) is 2.29. The van der Waals surface area contributed by atoms with Gasteiger partial charge in [-0.2, -0.15) is 0 Å². The van der Waals surface area contributed by atoms with E-state index in [1.807, 2.05) is 31.2 Å². The fraction of sp³-hybridized carbons (Fsp3) is 0.417. The van der Waals surface area contributed by atoms with Gasteiger partial charge in [-0.1, -0.05) is 18.2 Å². The molecule has 4 nitrogen and oxygen atoms in total. The third kappa shape index (κ3) is 2.02. The summed E-state index contributed by atoms with van der Waals surface area (Å²) in [5, 5.41) is 6.14. The number of benzene rings is 1. The van der Waals surface area contributed by atoms with Gasteiger partial charge >= 0.3 is 0 Å². The van der Waals surface area contributed by atoms with Gasteiger partial charge in [-0.15, -0.1) is 0 Å². The van der Waals surface area contributed by atoms with Crippen molar-refractivity contribution in [2.75, 3.05) is 13.7 Å². The van der Waals surface area contributed by atoms with E-state index in [9.17, 15) is 4.79 Å². The molecular formula is C12H16N2O2. The second kappa shape index (κ2) is 4.53. The van der Waals surface area contributed by atoms with Crippen LogP contribution in [0.25, 0.3) is 0 Å². The Morgan fingerprint density at radius 2 is 2.12 bits per heavy atom. The molecule has 4 heteroatoms. The summed E-state index contributed by atoms with van der Waals surface area (Å²) in [6.07, 6.45) is 0. The van der Waals surface area contributed by atoms with Crippen LogP contribution in [0.15, 0.2) is 24.3 Å². The normalized spacial score (nSPS) is 25.0. The maximum Gasteiger partial charge on any atom is 0.242 e. The number of piperazine rings is 1. The third-order valence-electron chi connectivity index (χ3n) is 2.73. The van der Waals surface area contributed by atoms with Crippen LogP contribution < -0.4 is 15.4 Å². The maximum atomic E-state index is 11.8. The smallest absolute Gasteiger partial charge is 0.242 e. The summed E-state index contributed by atoms with van der Waals surface area (Å²) in [6, 6.07) is 7.44. The SMILES string of the molecule is COc1ccccc1C1NCC(C)NC1=O. The molecule has 2 N–H and O–H groups in total. The Balaban J connectivity index is 2.26. The van der Waals surface area contributed by atoms with Crippen molar-refractivity contribution in [1.82, 2.24) is 10.6 Å². The number of ether oxygens (including phenoxy) is 1. The summed E-state index contributed by atoms with van der Waals surface area (Å²) in [6.45, 7) is 2.75. The number of methoxy groups -OCH3 is 1. The van der Waals surface area contributed by atoms with Crippen LogP contribution >= 0.6 is 0 Å².